The summed E-state index contributed by atoms with van der Waals surface area (Å²) in [5.74, 6) is 0.862. The van der Waals surface area contributed by atoms with Crippen LogP contribution in [0.4, 0.5) is 0 Å². The number of hydrogen-bond acceptors (Lipinski definition) is 3. The molecule has 0 radical (unpaired) electrons. The molecule has 0 aromatic rings. The summed E-state index contributed by atoms with van der Waals surface area (Å²) in [6.07, 6.45) is 6.89. The molecule has 2 aliphatic rings. The van der Waals surface area contributed by atoms with Crippen molar-refractivity contribution in [1.29, 1.82) is 0 Å². The predicted molar refractivity (Wildman–Crippen MR) is 66.2 cm³/mol. The Morgan fingerprint density at radius 1 is 1.38 bits per heavy atom. The normalized spacial score (nSPS) is 21.9. The van der Waals surface area contributed by atoms with Crippen LogP contribution in [0.2, 0.25) is 0 Å². The minimum atomic E-state index is 0.782. The summed E-state index contributed by atoms with van der Waals surface area (Å²) in [5, 5.41) is 4.16. The molecule has 0 amide bonds. The highest BCUT2D eigenvalue weighted by Crippen LogP contribution is 2.23. The standard InChI is InChI=1S/C12H17ClN2O/c1-16-12-9-10(13)3-2-4-11(12)15-7-5-14-6-8-15/h2,4,9,14H,3,5-8H2,1H3. The van der Waals surface area contributed by atoms with E-state index in [1.807, 2.05) is 6.08 Å². The zero-order valence-electron chi connectivity index (χ0n) is 9.50. The number of methoxy groups -OCH3 is 1. The number of ether oxygens (including phenoxy) is 1. The molecule has 1 fully saturated rings. The summed E-state index contributed by atoms with van der Waals surface area (Å²) >= 11 is 6.06. The molecule has 1 saturated heterocycles. The Hall–Kier alpha value is -0.930. The van der Waals surface area contributed by atoms with E-state index in [0.717, 1.165) is 49.1 Å². The van der Waals surface area contributed by atoms with E-state index in [0.29, 0.717) is 0 Å². The zero-order valence-corrected chi connectivity index (χ0v) is 10.3. The highest BCUT2D eigenvalue weighted by atomic mass is 35.5. The molecule has 0 aromatic carbocycles. The summed E-state index contributed by atoms with van der Waals surface area (Å²) in [6.45, 7) is 4.06. The smallest absolute Gasteiger partial charge is 0.143 e. The Morgan fingerprint density at radius 2 is 2.12 bits per heavy atom. The lowest BCUT2D eigenvalue weighted by Crippen LogP contribution is -2.42. The van der Waals surface area contributed by atoms with Gasteiger partial charge in [-0.2, -0.15) is 0 Å². The minimum absolute atomic E-state index is 0.782. The Labute approximate surface area is 101 Å². The molecule has 1 aliphatic carbocycles. The van der Waals surface area contributed by atoms with Gasteiger partial charge in [-0.1, -0.05) is 17.7 Å². The van der Waals surface area contributed by atoms with Gasteiger partial charge in [0, 0.05) is 37.6 Å². The summed E-state index contributed by atoms with van der Waals surface area (Å²) in [6, 6.07) is 0. The van der Waals surface area contributed by atoms with Crippen LogP contribution in [-0.4, -0.2) is 38.2 Å². The van der Waals surface area contributed by atoms with Crippen LogP contribution in [0, 0.1) is 0 Å². The van der Waals surface area contributed by atoms with E-state index in [1.54, 1.807) is 7.11 Å². The van der Waals surface area contributed by atoms with Crippen LogP contribution in [0.1, 0.15) is 6.42 Å². The van der Waals surface area contributed by atoms with Gasteiger partial charge in [0.2, 0.25) is 0 Å². The van der Waals surface area contributed by atoms with Crippen LogP contribution in [-0.2, 0) is 4.74 Å². The van der Waals surface area contributed by atoms with Gasteiger partial charge in [-0.05, 0) is 12.2 Å². The van der Waals surface area contributed by atoms with Crippen LogP contribution in [0.3, 0.4) is 0 Å². The third-order valence-electron chi connectivity index (χ3n) is 2.81. The van der Waals surface area contributed by atoms with Crippen LogP contribution in [0.25, 0.3) is 0 Å². The van der Waals surface area contributed by atoms with Crippen molar-refractivity contribution in [3.8, 4) is 0 Å². The largest absolute Gasteiger partial charge is 0.495 e. The first-order valence-electron chi connectivity index (χ1n) is 5.58. The fraction of sp³-hybridized carbons (Fsp3) is 0.500. The van der Waals surface area contributed by atoms with Gasteiger partial charge in [-0.3, -0.25) is 0 Å². The Bertz CT molecular complexity index is 341. The van der Waals surface area contributed by atoms with Gasteiger partial charge in [0.15, 0.2) is 0 Å². The number of piperazine rings is 1. The second-order valence-electron chi connectivity index (χ2n) is 3.89. The Morgan fingerprint density at radius 3 is 2.81 bits per heavy atom. The van der Waals surface area contributed by atoms with E-state index in [2.05, 4.69) is 22.4 Å². The van der Waals surface area contributed by atoms with Gasteiger partial charge >= 0.3 is 0 Å². The maximum atomic E-state index is 6.06. The maximum absolute atomic E-state index is 6.06. The molecule has 1 heterocycles. The fourth-order valence-electron chi connectivity index (χ4n) is 1.97. The molecular formula is C12H17ClN2O. The van der Waals surface area contributed by atoms with Crippen LogP contribution < -0.4 is 5.32 Å². The lowest BCUT2D eigenvalue weighted by atomic mass is 10.2. The van der Waals surface area contributed by atoms with Gasteiger partial charge in [-0.15, -0.1) is 0 Å². The minimum Gasteiger partial charge on any atom is -0.495 e. The molecule has 2 rings (SSSR count). The molecule has 0 unspecified atom stereocenters. The van der Waals surface area contributed by atoms with Crippen molar-refractivity contribution in [2.45, 2.75) is 6.42 Å². The second-order valence-corrected chi connectivity index (χ2v) is 4.37. The molecule has 0 spiro atoms. The molecule has 16 heavy (non-hydrogen) atoms. The predicted octanol–water partition coefficient (Wildman–Crippen LogP) is 1.83. The molecule has 0 bridgehead atoms. The lowest BCUT2D eigenvalue weighted by Gasteiger charge is -2.30. The fourth-order valence-corrected chi connectivity index (χ4v) is 2.16. The monoisotopic (exact) mass is 240 g/mol. The molecular weight excluding hydrogens is 224 g/mol. The first-order valence-corrected chi connectivity index (χ1v) is 5.95. The second kappa shape index (κ2) is 5.41. The van der Waals surface area contributed by atoms with Crippen molar-refractivity contribution in [1.82, 2.24) is 10.2 Å². The van der Waals surface area contributed by atoms with Crippen LogP contribution in [0.5, 0.6) is 0 Å². The average Bonchev–Trinajstić information content (AvgIpc) is 2.51. The first-order chi connectivity index (χ1) is 7.81. The van der Waals surface area contributed by atoms with E-state index in [4.69, 9.17) is 16.3 Å². The maximum Gasteiger partial charge on any atom is 0.143 e. The topological polar surface area (TPSA) is 24.5 Å². The SMILES string of the molecule is COC1=C(N2CCNCC2)C=CCC(Cl)=C1. The van der Waals surface area contributed by atoms with Gasteiger partial charge < -0.3 is 15.0 Å². The number of nitrogens with one attached hydrogen (secondary N) is 1. The molecule has 0 aromatic heterocycles. The third-order valence-corrected chi connectivity index (χ3v) is 3.07. The number of allylic oxidation sites excluding steroid dienone is 4. The van der Waals surface area contributed by atoms with Gasteiger partial charge in [0.25, 0.3) is 0 Å². The van der Waals surface area contributed by atoms with Gasteiger partial charge in [0.1, 0.15) is 5.76 Å². The average molecular weight is 241 g/mol. The van der Waals surface area contributed by atoms with Gasteiger partial charge in [0.05, 0.1) is 12.8 Å². The molecule has 3 nitrogen and oxygen atoms in total. The zero-order chi connectivity index (χ0) is 11.4. The lowest BCUT2D eigenvalue weighted by molar-refractivity contribution is 0.257. The number of nitrogens with zero attached hydrogens (tertiary/aromatic N) is 1. The van der Waals surface area contributed by atoms with E-state index in [9.17, 15) is 0 Å². The quantitative estimate of drug-likeness (QED) is 0.797. The van der Waals surface area contributed by atoms with Crippen molar-refractivity contribution in [2.24, 2.45) is 0 Å². The third kappa shape index (κ3) is 2.60. The van der Waals surface area contributed by atoms with E-state index in [-0.39, 0.29) is 0 Å². The Balaban J connectivity index is 2.26. The first kappa shape index (κ1) is 11.6. The van der Waals surface area contributed by atoms with Crippen molar-refractivity contribution < 1.29 is 4.74 Å². The highest BCUT2D eigenvalue weighted by Gasteiger charge is 2.16. The summed E-state index contributed by atoms with van der Waals surface area (Å²) in [7, 11) is 1.69. The molecule has 1 aliphatic heterocycles. The summed E-state index contributed by atoms with van der Waals surface area (Å²) in [5.41, 5.74) is 1.14. The summed E-state index contributed by atoms with van der Waals surface area (Å²) < 4.78 is 5.41. The highest BCUT2D eigenvalue weighted by molar-refractivity contribution is 6.29. The van der Waals surface area contributed by atoms with Crippen molar-refractivity contribution in [2.75, 3.05) is 33.3 Å². The molecule has 0 saturated carbocycles. The van der Waals surface area contributed by atoms with E-state index < -0.39 is 0 Å². The Kier molecular flexibility index (Phi) is 3.91. The van der Waals surface area contributed by atoms with Crippen LogP contribution >= 0.6 is 11.6 Å². The number of halogens is 1. The summed E-state index contributed by atoms with van der Waals surface area (Å²) in [4.78, 5) is 2.33. The molecule has 4 heteroatoms. The molecule has 1 N–H and O–H groups in total. The van der Waals surface area contributed by atoms with E-state index in [1.165, 1.54) is 0 Å². The van der Waals surface area contributed by atoms with Gasteiger partial charge in [-0.25, -0.2) is 0 Å². The number of rotatable bonds is 2. The molecule has 0 atom stereocenters. The van der Waals surface area contributed by atoms with E-state index >= 15 is 0 Å². The number of hydrogen-bond donors (Lipinski definition) is 1. The molecule has 88 valence electrons. The van der Waals surface area contributed by atoms with Crippen LogP contribution in [0.15, 0.2) is 34.7 Å². The van der Waals surface area contributed by atoms with Crippen molar-refractivity contribution >= 4 is 11.6 Å². The van der Waals surface area contributed by atoms with Crippen molar-refractivity contribution in [3.05, 3.63) is 34.7 Å². The van der Waals surface area contributed by atoms with Crippen molar-refractivity contribution in [3.63, 3.8) is 0 Å².